The predicted molar refractivity (Wildman–Crippen MR) is 72.1 cm³/mol. The van der Waals surface area contributed by atoms with Crippen LogP contribution in [0.2, 0.25) is 0 Å². The van der Waals surface area contributed by atoms with Gasteiger partial charge in [0.1, 0.15) is 11.4 Å². The summed E-state index contributed by atoms with van der Waals surface area (Å²) in [6, 6.07) is 0. The van der Waals surface area contributed by atoms with Gasteiger partial charge in [0.25, 0.3) is 0 Å². The van der Waals surface area contributed by atoms with Crippen LogP contribution in [0.4, 0.5) is 0 Å². The zero-order chi connectivity index (χ0) is 14.3. The Morgan fingerprint density at radius 1 is 0.842 bits per heavy atom. The maximum Gasteiger partial charge on any atom is 0.227 e. The highest BCUT2D eigenvalue weighted by atomic mass is 16.1. The fourth-order valence-electron chi connectivity index (χ4n) is 2.66. The average molecular weight is 262 g/mol. The first-order chi connectivity index (χ1) is 8.86. The minimum atomic E-state index is -0.641. The van der Waals surface area contributed by atoms with Crippen molar-refractivity contribution in [2.75, 3.05) is 0 Å². The molecule has 7 nitrogen and oxygen atoms in total. The zero-order valence-electron chi connectivity index (χ0n) is 10.5. The van der Waals surface area contributed by atoms with Gasteiger partial charge in [0.15, 0.2) is 0 Å². The van der Waals surface area contributed by atoms with E-state index in [1.165, 1.54) is 0 Å². The van der Waals surface area contributed by atoms with Crippen LogP contribution >= 0.6 is 0 Å². The smallest absolute Gasteiger partial charge is 0.227 e. The normalized spacial score (nSPS) is 26.3. The van der Waals surface area contributed by atoms with E-state index >= 15 is 0 Å². The number of hydrogen-bond donors (Lipinski definition) is 6. The maximum atomic E-state index is 11.7. The lowest BCUT2D eigenvalue weighted by atomic mass is 9.72. The molecule has 0 aromatic carbocycles. The lowest BCUT2D eigenvalue weighted by molar-refractivity contribution is -0.112. The summed E-state index contributed by atoms with van der Waals surface area (Å²) >= 11 is 0. The first kappa shape index (κ1) is 13.1. The fraction of sp³-hybridized carbons (Fsp3) is 0.417. The number of carbonyl (C=O) groups is 1. The van der Waals surface area contributed by atoms with Crippen molar-refractivity contribution in [3.8, 4) is 0 Å². The van der Waals surface area contributed by atoms with Crippen molar-refractivity contribution in [3.05, 3.63) is 22.8 Å². The van der Waals surface area contributed by atoms with Crippen LogP contribution in [0.3, 0.4) is 0 Å². The molecule has 19 heavy (non-hydrogen) atoms. The van der Waals surface area contributed by atoms with Crippen LogP contribution in [0.5, 0.6) is 0 Å². The van der Waals surface area contributed by atoms with Crippen molar-refractivity contribution < 1.29 is 4.79 Å². The van der Waals surface area contributed by atoms with Crippen LogP contribution < -0.4 is 22.9 Å². The van der Waals surface area contributed by atoms with Crippen molar-refractivity contribution in [3.63, 3.8) is 0 Å². The van der Waals surface area contributed by atoms with E-state index in [0.717, 1.165) is 6.42 Å². The van der Waals surface area contributed by atoms with Gasteiger partial charge in [-0.3, -0.25) is 4.79 Å². The number of nitrogens with two attached hydrogens (primary N) is 4. The third kappa shape index (κ3) is 1.87. The monoisotopic (exact) mass is 262 g/mol. The van der Waals surface area contributed by atoms with Gasteiger partial charge in [-0.15, -0.1) is 0 Å². The van der Waals surface area contributed by atoms with Gasteiger partial charge in [-0.05, 0) is 19.3 Å². The Hall–Kier alpha value is -2.31. The van der Waals surface area contributed by atoms with E-state index in [9.17, 15) is 4.79 Å². The summed E-state index contributed by atoms with van der Waals surface area (Å²) in [5.74, 6) is -1.74. The average Bonchev–Trinajstić information content (AvgIpc) is 2.37. The summed E-state index contributed by atoms with van der Waals surface area (Å²) in [6.07, 6.45) is 1.97. The highest BCUT2D eigenvalue weighted by Crippen LogP contribution is 2.35. The second kappa shape index (κ2) is 4.42. The maximum absolute atomic E-state index is 11.7. The molecule has 0 amide bonds. The van der Waals surface area contributed by atoms with Crippen molar-refractivity contribution >= 4 is 17.2 Å². The molecular formula is C12H18N6O. The second-order valence-electron chi connectivity index (χ2n) is 4.93. The van der Waals surface area contributed by atoms with E-state index in [4.69, 9.17) is 33.8 Å². The van der Waals surface area contributed by atoms with E-state index in [2.05, 4.69) is 0 Å². The zero-order valence-corrected chi connectivity index (χ0v) is 10.5. The molecule has 0 radical (unpaired) electrons. The molecule has 0 heterocycles. The highest BCUT2D eigenvalue weighted by molar-refractivity contribution is 6.11. The Balaban J connectivity index is 2.51. The standard InChI is InChI=1S/C12H18N6O/c13-4-2-1-3-5(14)6(4)7-8(15)10(17)12(19)11(18)9(7)16/h6-7,13-14H,1-3,15-18H2. The van der Waals surface area contributed by atoms with E-state index < -0.39 is 17.6 Å². The van der Waals surface area contributed by atoms with E-state index in [-0.39, 0.29) is 22.8 Å². The molecule has 0 aliphatic heterocycles. The summed E-state index contributed by atoms with van der Waals surface area (Å²) in [5, 5.41) is 16.0. The summed E-state index contributed by atoms with van der Waals surface area (Å²) in [4.78, 5) is 11.7. The van der Waals surface area contributed by atoms with E-state index in [1.807, 2.05) is 0 Å². The lowest BCUT2D eigenvalue weighted by Crippen LogP contribution is -2.45. The molecule has 0 saturated heterocycles. The SMILES string of the molecule is N=C1CCCC(=N)C1C1C(N)=C(N)C(=O)C(N)=C1N. The van der Waals surface area contributed by atoms with Crippen LogP contribution in [0.1, 0.15) is 19.3 Å². The summed E-state index contributed by atoms with van der Waals surface area (Å²) < 4.78 is 0. The molecule has 7 heteroatoms. The minimum Gasteiger partial charge on any atom is -0.400 e. The molecule has 0 aromatic rings. The molecule has 1 saturated carbocycles. The molecule has 102 valence electrons. The number of ketones is 1. The first-order valence-electron chi connectivity index (χ1n) is 6.05. The third-order valence-corrected chi connectivity index (χ3v) is 3.76. The number of nitrogens with one attached hydrogen (secondary N) is 2. The molecule has 2 aliphatic carbocycles. The Morgan fingerprint density at radius 3 is 1.68 bits per heavy atom. The third-order valence-electron chi connectivity index (χ3n) is 3.76. The van der Waals surface area contributed by atoms with Gasteiger partial charge >= 0.3 is 0 Å². The number of Topliss-reactive ketones (excluding diaryl/α,β-unsaturated/α-hetero) is 1. The summed E-state index contributed by atoms with van der Waals surface area (Å²) in [5.41, 5.74) is 23.9. The van der Waals surface area contributed by atoms with Crippen LogP contribution in [0, 0.1) is 22.7 Å². The van der Waals surface area contributed by atoms with Gasteiger partial charge in [-0.25, -0.2) is 0 Å². The Kier molecular flexibility index (Phi) is 3.05. The predicted octanol–water partition coefficient (Wildman–Crippen LogP) is -0.717. The van der Waals surface area contributed by atoms with E-state index in [0.29, 0.717) is 24.3 Å². The van der Waals surface area contributed by atoms with Crippen LogP contribution in [-0.2, 0) is 4.79 Å². The Labute approximate surface area is 110 Å². The summed E-state index contributed by atoms with van der Waals surface area (Å²) in [6.45, 7) is 0. The van der Waals surface area contributed by atoms with Crippen LogP contribution in [0.15, 0.2) is 22.8 Å². The molecule has 0 unspecified atom stereocenters. The van der Waals surface area contributed by atoms with Crippen molar-refractivity contribution in [2.45, 2.75) is 19.3 Å². The number of carbonyl (C=O) groups excluding carboxylic acids is 1. The van der Waals surface area contributed by atoms with Gasteiger partial charge in [-0.1, -0.05) is 0 Å². The largest absolute Gasteiger partial charge is 0.400 e. The molecular weight excluding hydrogens is 244 g/mol. The molecule has 2 rings (SSSR count). The molecule has 0 atom stereocenters. The minimum absolute atomic E-state index is 0.122. The molecule has 0 bridgehead atoms. The topological polar surface area (TPSA) is 169 Å². The van der Waals surface area contributed by atoms with E-state index in [1.54, 1.807) is 0 Å². The molecule has 0 aromatic heterocycles. The van der Waals surface area contributed by atoms with Crippen molar-refractivity contribution in [1.29, 1.82) is 10.8 Å². The van der Waals surface area contributed by atoms with Gasteiger partial charge in [0.2, 0.25) is 5.78 Å². The molecule has 0 spiro atoms. The van der Waals surface area contributed by atoms with Gasteiger partial charge in [0.05, 0.1) is 5.92 Å². The fourth-order valence-corrected chi connectivity index (χ4v) is 2.66. The Morgan fingerprint density at radius 2 is 1.26 bits per heavy atom. The van der Waals surface area contributed by atoms with Gasteiger partial charge in [-0.2, -0.15) is 0 Å². The number of rotatable bonds is 1. The van der Waals surface area contributed by atoms with Gasteiger partial charge in [0, 0.05) is 28.7 Å². The highest BCUT2D eigenvalue weighted by Gasteiger charge is 2.40. The lowest BCUT2D eigenvalue weighted by Gasteiger charge is -2.35. The summed E-state index contributed by atoms with van der Waals surface area (Å²) in [7, 11) is 0. The second-order valence-corrected chi connectivity index (χ2v) is 4.93. The Bertz CT molecular complexity index is 500. The quantitative estimate of drug-likeness (QED) is 0.366. The molecule has 10 N–H and O–H groups in total. The van der Waals surface area contributed by atoms with Crippen molar-refractivity contribution in [2.24, 2.45) is 34.8 Å². The molecule has 2 aliphatic rings. The van der Waals surface area contributed by atoms with Crippen molar-refractivity contribution in [1.82, 2.24) is 0 Å². The first-order valence-corrected chi connectivity index (χ1v) is 6.05. The number of hydrogen-bond acceptors (Lipinski definition) is 7. The van der Waals surface area contributed by atoms with Crippen LogP contribution in [0.25, 0.3) is 0 Å². The van der Waals surface area contributed by atoms with Gasteiger partial charge < -0.3 is 33.8 Å². The van der Waals surface area contributed by atoms with Crippen LogP contribution in [-0.4, -0.2) is 17.2 Å². The molecule has 1 fully saturated rings.